The monoisotopic (exact) mass is 298 g/mol. The first-order valence-electron chi connectivity index (χ1n) is 6.56. The van der Waals surface area contributed by atoms with E-state index in [0.717, 1.165) is 35.1 Å². The Bertz CT molecular complexity index is 422. The summed E-state index contributed by atoms with van der Waals surface area (Å²) in [5, 5.41) is 7.08. The zero-order chi connectivity index (χ0) is 13.5. The summed E-state index contributed by atoms with van der Waals surface area (Å²) in [6.07, 6.45) is 1.39. The van der Waals surface area contributed by atoms with Crippen LogP contribution in [-0.2, 0) is 11.2 Å². The minimum atomic E-state index is 0.127. The largest absolute Gasteiger partial charge is 0.356 e. The van der Waals surface area contributed by atoms with Gasteiger partial charge in [0.15, 0.2) is 0 Å². The Morgan fingerprint density at radius 3 is 3.16 bits per heavy atom. The lowest BCUT2D eigenvalue weighted by Crippen LogP contribution is -2.41. The minimum Gasteiger partial charge on any atom is -0.356 e. The highest BCUT2D eigenvalue weighted by Crippen LogP contribution is 2.11. The Morgan fingerprint density at radius 2 is 2.42 bits per heavy atom. The van der Waals surface area contributed by atoms with Crippen LogP contribution in [0.25, 0.3) is 0 Å². The van der Waals surface area contributed by atoms with Crippen LogP contribution in [0.4, 0.5) is 0 Å². The normalized spacial score (nSPS) is 19.1. The van der Waals surface area contributed by atoms with Crippen molar-refractivity contribution in [2.45, 2.75) is 18.9 Å². The zero-order valence-corrected chi connectivity index (χ0v) is 12.4. The average molecular weight is 299 g/mol. The summed E-state index contributed by atoms with van der Waals surface area (Å²) < 4.78 is 0. The van der Waals surface area contributed by atoms with Crippen LogP contribution < -0.4 is 10.6 Å². The Balaban J connectivity index is 1.66. The molecule has 1 amide bonds. The first-order chi connectivity index (χ1) is 9.24. The summed E-state index contributed by atoms with van der Waals surface area (Å²) in [6.45, 7) is 1.67. The van der Waals surface area contributed by atoms with E-state index in [1.165, 1.54) is 0 Å². The fourth-order valence-electron chi connectivity index (χ4n) is 2.09. The van der Waals surface area contributed by atoms with E-state index < -0.39 is 0 Å². The lowest BCUT2D eigenvalue weighted by Gasteiger charge is -2.22. The molecule has 0 radical (unpaired) electrons. The molecule has 5 heteroatoms. The number of hydrogen-bond acceptors (Lipinski definition) is 3. The van der Waals surface area contributed by atoms with E-state index in [9.17, 15) is 4.79 Å². The number of thioether (sulfide) groups is 1. The van der Waals surface area contributed by atoms with Crippen LogP contribution in [-0.4, -0.2) is 36.5 Å². The summed E-state index contributed by atoms with van der Waals surface area (Å²) in [5.41, 5.74) is 1.15. The molecule has 19 heavy (non-hydrogen) atoms. The molecule has 1 aliphatic heterocycles. The van der Waals surface area contributed by atoms with Gasteiger partial charge in [-0.1, -0.05) is 23.7 Å². The van der Waals surface area contributed by atoms with E-state index in [2.05, 4.69) is 10.6 Å². The predicted octanol–water partition coefficient (Wildman–Crippen LogP) is 2.09. The van der Waals surface area contributed by atoms with Crippen LogP contribution in [0.1, 0.15) is 12.0 Å². The number of nitrogens with one attached hydrogen (secondary N) is 2. The van der Waals surface area contributed by atoms with Crippen LogP contribution in [0.3, 0.4) is 0 Å². The molecule has 0 spiro atoms. The zero-order valence-electron chi connectivity index (χ0n) is 10.8. The number of carbonyl (C=O) groups excluding carboxylic acids is 1. The summed E-state index contributed by atoms with van der Waals surface area (Å²) in [7, 11) is 0. The van der Waals surface area contributed by atoms with Crippen LogP contribution in [0.2, 0.25) is 5.02 Å². The highest BCUT2D eigenvalue weighted by atomic mass is 35.5. The van der Waals surface area contributed by atoms with Gasteiger partial charge in [-0.25, -0.2) is 0 Å². The van der Waals surface area contributed by atoms with Gasteiger partial charge in [0.05, 0.1) is 0 Å². The molecule has 1 aliphatic rings. The molecule has 0 aromatic heterocycles. The van der Waals surface area contributed by atoms with Crippen molar-refractivity contribution >= 4 is 29.3 Å². The second-order valence-electron chi connectivity index (χ2n) is 4.66. The fourth-order valence-corrected chi connectivity index (χ4v) is 3.25. The van der Waals surface area contributed by atoms with Crippen molar-refractivity contribution in [3.8, 4) is 0 Å². The van der Waals surface area contributed by atoms with E-state index in [4.69, 9.17) is 11.6 Å². The van der Waals surface area contributed by atoms with Gasteiger partial charge in [0, 0.05) is 42.1 Å². The van der Waals surface area contributed by atoms with Gasteiger partial charge in [-0.3, -0.25) is 4.79 Å². The maximum absolute atomic E-state index is 11.8. The van der Waals surface area contributed by atoms with Gasteiger partial charge in [-0.15, -0.1) is 0 Å². The molecule has 0 aliphatic carbocycles. The Kier molecular flexibility index (Phi) is 6.01. The summed E-state index contributed by atoms with van der Waals surface area (Å²) in [6, 6.07) is 8.08. The highest BCUT2D eigenvalue weighted by Gasteiger charge is 2.16. The van der Waals surface area contributed by atoms with Crippen molar-refractivity contribution in [2.24, 2.45) is 0 Å². The van der Waals surface area contributed by atoms with Crippen molar-refractivity contribution in [1.82, 2.24) is 10.6 Å². The Hall–Kier alpha value is -0.710. The van der Waals surface area contributed by atoms with Crippen molar-refractivity contribution in [3.05, 3.63) is 34.9 Å². The Labute approximate surface area is 123 Å². The number of hydrogen-bond donors (Lipinski definition) is 2. The fraction of sp³-hybridized carbons (Fsp3) is 0.500. The second-order valence-corrected chi connectivity index (χ2v) is 6.25. The van der Waals surface area contributed by atoms with E-state index in [1.807, 2.05) is 36.0 Å². The summed E-state index contributed by atoms with van der Waals surface area (Å²) in [4.78, 5) is 11.8. The van der Waals surface area contributed by atoms with Gasteiger partial charge in [0.25, 0.3) is 0 Å². The molecule has 3 nitrogen and oxygen atoms in total. The molecule has 1 heterocycles. The minimum absolute atomic E-state index is 0.127. The third-order valence-electron chi connectivity index (χ3n) is 3.06. The molecule has 0 saturated carbocycles. The molecule has 1 fully saturated rings. The standard InChI is InChI=1S/C14H19ClN2OS/c15-12-3-1-2-11(8-12)4-5-17-14(18)9-13-10-19-7-6-16-13/h1-3,8,13,16H,4-7,9-10H2,(H,17,18). The lowest BCUT2D eigenvalue weighted by molar-refractivity contribution is -0.121. The molecule has 1 atom stereocenters. The van der Waals surface area contributed by atoms with Crippen LogP contribution in [0.15, 0.2) is 24.3 Å². The van der Waals surface area contributed by atoms with Crippen molar-refractivity contribution < 1.29 is 4.79 Å². The van der Waals surface area contributed by atoms with Crippen molar-refractivity contribution in [3.63, 3.8) is 0 Å². The maximum Gasteiger partial charge on any atom is 0.221 e. The number of benzene rings is 1. The van der Waals surface area contributed by atoms with Crippen molar-refractivity contribution in [1.29, 1.82) is 0 Å². The van der Waals surface area contributed by atoms with E-state index >= 15 is 0 Å². The van der Waals surface area contributed by atoms with E-state index in [0.29, 0.717) is 19.0 Å². The number of amides is 1. The summed E-state index contributed by atoms with van der Waals surface area (Å²) >= 11 is 7.83. The molecule has 1 aromatic carbocycles. The number of halogens is 1. The van der Waals surface area contributed by atoms with Gasteiger partial charge in [-0.2, -0.15) is 11.8 Å². The highest BCUT2D eigenvalue weighted by molar-refractivity contribution is 7.99. The molecule has 2 N–H and O–H groups in total. The third-order valence-corrected chi connectivity index (χ3v) is 4.42. The predicted molar refractivity (Wildman–Crippen MR) is 81.9 cm³/mol. The van der Waals surface area contributed by atoms with Gasteiger partial charge in [0.2, 0.25) is 5.91 Å². The van der Waals surface area contributed by atoms with Crippen molar-refractivity contribution in [2.75, 3.05) is 24.6 Å². The molecule has 1 aromatic rings. The van der Waals surface area contributed by atoms with Gasteiger partial charge in [0.1, 0.15) is 0 Å². The van der Waals surface area contributed by atoms with Crippen LogP contribution in [0, 0.1) is 0 Å². The van der Waals surface area contributed by atoms with Gasteiger partial charge in [-0.05, 0) is 24.1 Å². The molecular weight excluding hydrogens is 280 g/mol. The topological polar surface area (TPSA) is 41.1 Å². The lowest BCUT2D eigenvalue weighted by atomic mass is 10.1. The first-order valence-corrected chi connectivity index (χ1v) is 8.09. The van der Waals surface area contributed by atoms with Gasteiger partial charge < -0.3 is 10.6 Å². The average Bonchev–Trinajstić information content (AvgIpc) is 2.40. The first kappa shape index (κ1) is 14.7. The molecule has 2 rings (SSSR count). The van der Waals surface area contributed by atoms with E-state index in [1.54, 1.807) is 0 Å². The molecule has 0 bridgehead atoms. The molecule has 1 saturated heterocycles. The summed E-state index contributed by atoms with van der Waals surface area (Å²) in [5.74, 6) is 2.30. The smallest absolute Gasteiger partial charge is 0.221 e. The van der Waals surface area contributed by atoms with Crippen LogP contribution in [0.5, 0.6) is 0 Å². The number of carbonyl (C=O) groups is 1. The van der Waals surface area contributed by atoms with E-state index in [-0.39, 0.29) is 5.91 Å². The molecular formula is C14H19ClN2OS. The maximum atomic E-state index is 11.8. The SMILES string of the molecule is O=C(CC1CSCCN1)NCCc1cccc(Cl)c1. The number of rotatable bonds is 5. The Morgan fingerprint density at radius 1 is 1.53 bits per heavy atom. The van der Waals surface area contributed by atoms with Gasteiger partial charge >= 0.3 is 0 Å². The molecule has 1 unspecified atom stereocenters. The second kappa shape index (κ2) is 7.78. The van der Waals surface area contributed by atoms with Crippen LogP contribution >= 0.6 is 23.4 Å². The quantitative estimate of drug-likeness (QED) is 0.875. The third kappa shape index (κ3) is 5.43. The molecule has 104 valence electrons.